The van der Waals surface area contributed by atoms with Crippen molar-refractivity contribution >= 4 is 11.0 Å². The number of rotatable bonds is 3. The van der Waals surface area contributed by atoms with E-state index in [0.29, 0.717) is 5.92 Å². The van der Waals surface area contributed by atoms with Gasteiger partial charge >= 0.3 is 0 Å². The van der Waals surface area contributed by atoms with Gasteiger partial charge < -0.3 is 4.57 Å². The van der Waals surface area contributed by atoms with E-state index in [2.05, 4.69) is 14.5 Å². The number of hydrogen-bond acceptors (Lipinski definition) is 3. The predicted molar refractivity (Wildman–Crippen MR) is 77.6 cm³/mol. The average Bonchev–Trinajstić information content (AvgIpc) is 3.20. The summed E-state index contributed by atoms with van der Waals surface area (Å²) in [7, 11) is 0. The van der Waals surface area contributed by atoms with E-state index in [9.17, 15) is 0 Å². The topological polar surface area (TPSA) is 43.6 Å². The molecule has 2 heterocycles. The predicted octanol–water partition coefficient (Wildman–Crippen LogP) is 3.06. The van der Waals surface area contributed by atoms with Crippen LogP contribution in [0.1, 0.15) is 36.0 Å². The van der Waals surface area contributed by atoms with Gasteiger partial charge in [0.15, 0.2) is 0 Å². The van der Waals surface area contributed by atoms with Crippen molar-refractivity contribution in [2.45, 2.75) is 32.2 Å². The van der Waals surface area contributed by atoms with Gasteiger partial charge in [0.2, 0.25) is 0 Å². The molecule has 0 amide bonds. The molecule has 0 bridgehead atoms. The zero-order valence-corrected chi connectivity index (χ0v) is 11.5. The molecular formula is C16H16N4. The lowest BCUT2D eigenvalue weighted by atomic mass is 10.2. The maximum Gasteiger partial charge on any atom is 0.112 e. The van der Waals surface area contributed by atoms with Crippen LogP contribution in [-0.4, -0.2) is 19.5 Å². The van der Waals surface area contributed by atoms with Crippen LogP contribution in [0.2, 0.25) is 0 Å². The fourth-order valence-electron chi connectivity index (χ4n) is 2.59. The monoisotopic (exact) mass is 264 g/mol. The van der Waals surface area contributed by atoms with Crippen molar-refractivity contribution in [2.75, 3.05) is 0 Å². The highest BCUT2D eigenvalue weighted by atomic mass is 15.1. The molecule has 4 heteroatoms. The number of imidazole rings is 1. The van der Waals surface area contributed by atoms with E-state index in [1.54, 1.807) is 0 Å². The SMILES string of the molecule is Cc1nc2ccccc2nc1Cn1ccnc1C1CC1. The van der Waals surface area contributed by atoms with E-state index in [-0.39, 0.29) is 0 Å². The highest BCUT2D eigenvalue weighted by Crippen LogP contribution is 2.39. The summed E-state index contributed by atoms with van der Waals surface area (Å²) in [6.45, 7) is 2.79. The summed E-state index contributed by atoms with van der Waals surface area (Å²) in [5, 5.41) is 0. The Hall–Kier alpha value is -2.23. The Morgan fingerprint density at radius 2 is 1.90 bits per heavy atom. The fourth-order valence-corrected chi connectivity index (χ4v) is 2.59. The summed E-state index contributed by atoms with van der Waals surface area (Å²) in [4.78, 5) is 13.9. The van der Waals surface area contributed by atoms with Crippen LogP contribution in [0.5, 0.6) is 0 Å². The molecule has 0 N–H and O–H groups in total. The Morgan fingerprint density at radius 3 is 2.65 bits per heavy atom. The van der Waals surface area contributed by atoms with Crippen LogP contribution < -0.4 is 0 Å². The number of benzene rings is 1. The van der Waals surface area contributed by atoms with E-state index < -0.39 is 0 Å². The summed E-state index contributed by atoms with van der Waals surface area (Å²) in [5.74, 6) is 1.85. The normalized spacial score (nSPS) is 14.8. The van der Waals surface area contributed by atoms with Crippen LogP contribution in [0.3, 0.4) is 0 Å². The van der Waals surface area contributed by atoms with Gasteiger partial charge in [0, 0.05) is 18.3 Å². The molecule has 1 fully saturated rings. The number of hydrogen-bond donors (Lipinski definition) is 0. The molecule has 0 radical (unpaired) electrons. The summed E-state index contributed by atoms with van der Waals surface area (Å²) in [6.07, 6.45) is 6.46. The van der Waals surface area contributed by atoms with Crippen molar-refractivity contribution < 1.29 is 0 Å². The Kier molecular flexibility index (Phi) is 2.55. The summed E-state index contributed by atoms with van der Waals surface area (Å²) >= 11 is 0. The third-order valence-corrected chi connectivity index (χ3v) is 3.85. The lowest BCUT2D eigenvalue weighted by molar-refractivity contribution is 0.706. The van der Waals surface area contributed by atoms with Crippen molar-refractivity contribution in [3.8, 4) is 0 Å². The number of aromatic nitrogens is 4. The maximum atomic E-state index is 4.76. The molecule has 3 aromatic rings. The van der Waals surface area contributed by atoms with E-state index in [4.69, 9.17) is 4.98 Å². The van der Waals surface area contributed by atoms with Crippen molar-refractivity contribution in [3.05, 3.63) is 53.9 Å². The lowest BCUT2D eigenvalue weighted by Gasteiger charge is -2.09. The molecule has 0 unspecified atom stereocenters. The third kappa shape index (κ3) is 1.97. The molecule has 0 atom stereocenters. The minimum Gasteiger partial charge on any atom is -0.329 e. The number of aryl methyl sites for hydroxylation is 1. The Bertz CT molecular complexity index is 771. The van der Waals surface area contributed by atoms with Gasteiger partial charge in [-0.1, -0.05) is 12.1 Å². The molecule has 1 saturated carbocycles. The van der Waals surface area contributed by atoms with Gasteiger partial charge in [-0.2, -0.15) is 0 Å². The second-order valence-corrected chi connectivity index (χ2v) is 5.43. The highest BCUT2D eigenvalue weighted by Gasteiger charge is 2.28. The first-order valence-electron chi connectivity index (χ1n) is 7.04. The van der Waals surface area contributed by atoms with Crippen molar-refractivity contribution in [1.82, 2.24) is 19.5 Å². The van der Waals surface area contributed by atoms with Crippen LogP contribution in [0, 0.1) is 6.92 Å². The van der Waals surface area contributed by atoms with Crippen molar-refractivity contribution in [2.24, 2.45) is 0 Å². The first kappa shape index (κ1) is 11.6. The van der Waals surface area contributed by atoms with Crippen LogP contribution >= 0.6 is 0 Å². The highest BCUT2D eigenvalue weighted by molar-refractivity contribution is 5.74. The van der Waals surface area contributed by atoms with Gasteiger partial charge in [-0.15, -0.1) is 0 Å². The number of nitrogens with zero attached hydrogens (tertiary/aromatic N) is 4. The molecule has 1 aromatic carbocycles. The number of fused-ring (bicyclic) bond motifs is 1. The third-order valence-electron chi connectivity index (χ3n) is 3.85. The summed E-state index contributed by atoms with van der Waals surface area (Å²) in [5.41, 5.74) is 3.95. The second kappa shape index (κ2) is 4.40. The molecule has 0 spiro atoms. The molecule has 4 rings (SSSR count). The first-order valence-corrected chi connectivity index (χ1v) is 7.04. The summed E-state index contributed by atoms with van der Waals surface area (Å²) in [6, 6.07) is 8.02. The Morgan fingerprint density at radius 1 is 1.15 bits per heavy atom. The molecule has 4 nitrogen and oxygen atoms in total. The van der Waals surface area contributed by atoms with E-state index in [0.717, 1.165) is 29.0 Å². The zero-order chi connectivity index (χ0) is 13.5. The van der Waals surface area contributed by atoms with Crippen LogP contribution in [0.25, 0.3) is 11.0 Å². The smallest absolute Gasteiger partial charge is 0.112 e. The minimum absolute atomic E-state index is 0.652. The zero-order valence-electron chi connectivity index (χ0n) is 11.5. The Balaban J connectivity index is 1.74. The van der Waals surface area contributed by atoms with Gasteiger partial charge in [-0.05, 0) is 31.9 Å². The van der Waals surface area contributed by atoms with E-state index >= 15 is 0 Å². The van der Waals surface area contributed by atoms with Gasteiger partial charge in [0.25, 0.3) is 0 Å². The maximum absolute atomic E-state index is 4.76. The van der Waals surface area contributed by atoms with Crippen molar-refractivity contribution in [1.29, 1.82) is 0 Å². The first-order chi connectivity index (χ1) is 9.81. The quantitative estimate of drug-likeness (QED) is 0.730. The van der Waals surface area contributed by atoms with Crippen molar-refractivity contribution in [3.63, 3.8) is 0 Å². The Labute approximate surface area is 117 Å². The summed E-state index contributed by atoms with van der Waals surface area (Å²) < 4.78 is 2.21. The molecule has 20 heavy (non-hydrogen) atoms. The molecular weight excluding hydrogens is 248 g/mol. The number of para-hydroxylation sites is 2. The second-order valence-electron chi connectivity index (χ2n) is 5.43. The minimum atomic E-state index is 0.652. The van der Waals surface area contributed by atoms with Crippen LogP contribution in [-0.2, 0) is 6.54 Å². The molecule has 0 saturated heterocycles. The van der Waals surface area contributed by atoms with Gasteiger partial charge in [0.05, 0.1) is 29.0 Å². The molecule has 0 aliphatic heterocycles. The lowest BCUT2D eigenvalue weighted by Crippen LogP contribution is -2.08. The van der Waals surface area contributed by atoms with Crippen LogP contribution in [0.15, 0.2) is 36.7 Å². The van der Waals surface area contributed by atoms with Crippen LogP contribution in [0.4, 0.5) is 0 Å². The fraction of sp³-hybridized carbons (Fsp3) is 0.312. The van der Waals surface area contributed by atoms with Gasteiger partial charge in [-0.3, -0.25) is 0 Å². The molecule has 1 aliphatic rings. The molecule has 100 valence electrons. The van der Waals surface area contributed by atoms with Gasteiger partial charge in [0.1, 0.15) is 5.82 Å². The average molecular weight is 264 g/mol. The van der Waals surface area contributed by atoms with E-state index in [1.807, 2.05) is 43.6 Å². The van der Waals surface area contributed by atoms with E-state index in [1.165, 1.54) is 18.7 Å². The standard InChI is InChI=1S/C16H16N4/c1-11-15(19-14-5-3-2-4-13(14)18-11)10-20-9-8-17-16(20)12-6-7-12/h2-5,8-9,12H,6-7,10H2,1H3. The molecule has 1 aliphatic carbocycles. The molecule has 2 aromatic heterocycles. The van der Waals surface area contributed by atoms with Gasteiger partial charge in [-0.25, -0.2) is 15.0 Å². The largest absolute Gasteiger partial charge is 0.329 e.